The number of hydrogen-bond donors (Lipinski definition) is 6. The third kappa shape index (κ3) is 14.9. The van der Waals surface area contributed by atoms with E-state index in [0.29, 0.717) is 13.0 Å². The summed E-state index contributed by atoms with van der Waals surface area (Å²) in [7, 11) is 5.18. The molecule has 3 aliphatic rings. The smallest absolute Gasteiger partial charge is 0.341 e. The summed E-state index contributed by atoms with van der Waals surface area (Å²) >= 11 is 0. The first-order valence-electron chi connectivity index (χ1n) is 24.2. The van der Waals surface area contributed by atoms with Crippen molar-refractivity contribution >= 4 is 17.7 Å². The molecule has 67 heavy (non-hydrogen) atoms. The lowest BCUT2D eigenvalue weighted by Gasteiger charge is -2.49. The zero-order valence-corrected chi connectivity index (χ0v) is 42.5. The fraction of sp³-hybridized carbons (Fsp3) is 0.820. The Bertz CT molecular complexity index is 1710. The van der Waals surface area contributed by atoms with Crippen molar-refractivity contribution in [2.45, 2.75) is 212 Å². The number of rotatable bonds is 13. The van der Waals surface area contributed by atoms with E-state index < -0.39 is 114 Å². The first-order chi connectivity index (χ1) is 31.2. The molecule has 3 fully saturated rings. The second kappa shape index (κ2) is 25.3. The zero-order valence-electron chi connectivity index (χ0n) is 42.5. The van der Waals surface area contributed by atoms with Crippen LogP contribution in [-0.4, -0.2) is 165 Å². The molecule has 0 saturated carbocycles. The van der Waals surface area contributed by atoms with Gasteiger partial charge in [-0.2, -0.15) is 0 Å². The third-order valence-electron chi connectivity index (χ3n) is 14.2. The first kappa shape index (κ1) is 58.5. The van der Waals surface area contributed by atoms with Crippen LogP contribution in [0.1, 0.15) is 138 Å². The van der Waals surface area contributed by atoms with Crippen molar-refractivity contribution in [3.8, 4) is 5.75 Å². The van der Waals surface area contributed by atoms with Crippen molar-refractivity contribution in [1.82, 2.24) is 4.90 Å². The number of ketones is 1. The van der Waals surface area contributed by atoms with Gasteiger partial charge in [0.05, 0.1) is 54.2 Å². The minimum atomic E-state index is -1.99. The Balaban J connectivity index is 0.000000626. The summed E-state index contributed by atoms with van der Waals surface area (Å²) in [6.07, 6.45) is -5.43. The zero-order chi connectivity index (χ0) is 50.8. The number of methoxy groups -OCH3 is 1. The molecule has 0 aromatic heterocycles. The number of aliphatic hydroxyl groups is 5. The molecule has 0 unspecified atom stereocenters. The van der Waals surface area contributed by atoms with Gasteiger partial charge in [0.25, 0.3) is 0 Å². The summed E-state index contributed by atoms with van der Waals surface area (Å²) in [5, 5.41) is 67.0. The van der Waals surface area contributed by atoms with Crippen molar-refractivity contribution in [3.05, 3.63) is 29.8 Å². The van der Waals surface area contributed by atoms with Gasteiger partial charge in [0, 0.05) is 37.3 Å². The molecule has 4 rings (SSSR count). The van der Waals surface area contributed by atoms with E-state index in [4.69, 9.17) is 33.2 Å². The van der Waals surface area contributed by atoms with Crippen LogP contribution in [0.2, 0.25) is 0 Å². The molecule has 3 heterocycles. The lowest BCUT2D eigenvalue weighted by Crippen LogP contribution is -2.61. The molecule has 17 heteroatoms. The molecule has 17 nitrogen and oxygen atoms in total. The number of cyclic esters (lactones) is 1. The van der Waals surface area contributed by atoms with Crippen molar-refractivity contribution in [2.75, 3.05) is 27.8 Å². The van der Waals surface area contributed by atoms with Gasteiger partial charge in [0.15, 0.2) is 12.6 Å². The van der Waals surface area contributed by atoms with Gasteiger partial charge < -0.3 is 68.7 Å². The Labute approximate surface area is 398 Å². The number of carbonyl (C=O) groups excluding carboxylic acids is 3. The summed E-state index contributed by atoms with van der Waals surface area (Å²) in [5.74, 6) is -5.45. The number of unbranched alkanes of at least 4 members (excludes halogenated alkanes) is 3. The summed E-state index contributed by atoms with van der Waals surface area (Å²) in [6, 6.07) is 6.09. The molecular formula is C50H85NO16. The fourth-order valence-electron chi connectivity index (χ4n) is 9.83. The molecule has 0 radical (unpaired) electrons. The Hall–Kier alpha value is -2.81. The number of esters is 2. The topological polar surface area (TPSA) is 240 Å². The van der Waals surface area contributed by atoms with Crippen molar-refractivity contribution in [3.63, 3.8) is 0 Å². The summed E-state index contributed by atoms with van der Waals surface area (Å²) < 4.78 is 42.1. The predicted molar refractivity (Wildman–Crippen MR) is 249 cm³/mol. The SMILES string of the molecule is CCCCCCOC(=O)c1ccccc1O.CC[C@H]1OC(=O)[C@H](C)[C@@H](O[C@H]2C[C@@](C)(OC)[C@@H](O)[C@H](C)O2)[C@H](C)[C@@H](O[C@@H]2O[C@H](C)C[C@H](N(C)C)[C@H]2O)[C@](C)(O)C[C@@H](C)C(=O)[C@H](C)[C@@H](O)[C@]1(C)O. The Kier molecular flexibility index (Phi) is 22.1. The number of hydrogen-bond acceptors (Lipinski definition) is 17. The van der Waals surface area contributed by atoms with Crippen molar-refractivity contribution in [2.24, 2.45) is 23.7 Å². The van der Waals surface area contributed by atoms with E-state index in [2.05, 4.69) is 6.92 Å². The number of phenols is 1. The highest BCUT2D eigenvalue weighted by Gasteiger charge is 2.53. The van der Waals surface area contributed by atoms with Gasteiger partial charge in [-0.25, -0.2) is 4.79 Å². The van der Waals surface area contributed by atoms with Crippen LogP contribution >= 0.6 is 0 Å². The number of aromatic hydroxyl groups is 1. The molecule has 18 atom stereocenters. The number of Topliss-reactive ketones (excluding diaryl/α,β-unsaturated/α-hetero) is 1. The Morgan fingerprint density at radius 1 is 0.866 bits per heavy atom. The molecule has 3 aliphatic heterocycles. The van der Waals surface area contributed by atoms with Gasteiger partial charge in [0.2, 0.25) is 0 Å². The maximum absolute atomic E-state index is 14.1. The van der Waals surface area contributed by atoms with Crippen LogP contribution in [0, 0.1) is 23.7 Å². The number of aliphatic hydroxyl groups excluding tert-OH is 3. The number of nitrogens with zero attached hydrogens (tertiary/aromatic N) is 1. The molecule has 0 aliphatic carbocycles. The molecule has 3 saturated heterocycles. The molecule has 386 valence electrons. The van der Waals surface area contributed by atoms with E-state index in [0.717, 1.165) is 25.7 Å². The number of likely N-dealkylation sites (N-methyl/N-ethyl adjacent to an activating group) is 1. The van der Waals surface area contributed by atoms with E-state index in [1.165, 1.54) is 33.9 Å². The minimum Gasteiger partial charge on any atom is -0.507 e. The molecule has 6 N–H and O–H groups in total. The predicted octanol–water partition coefficient (Wildman–Crippen LogP) is 4.91. The second-order valence-corrected chi connectivity index (χ2v) is 20.2. The summed E-state index contributed by atoms with van der Waals surface area (Å²) in [4.78, 5) is 41.3. The van der Waals surface area contributed by atoms with Crippen LogP contribution in [-0.2, 0) is 42.7 Å². The first-order valence-corrected chi connectivity index (χ1v) is 24.2. The largest absolute Gasteiger partial charge is 0.507 e. The molecule has 1 aromatic rings. The van der Waals surface area contributed by atoms with Crippen LogP contribution in [0.25, 0.3) is 0 Å². The standard InChI is InChI=1S/C37H67NO13.C13H18O3/c1-14-25-37(10,45)30(41)20(4)27(39)18(2)16-35(8,44)32(51-34-28(40)24(38(11)12)15-19(3)47-34)21(5)29(22(6)33(43)49-25)50-26-17-36(9,46-13)31(42)23(7)48-26;1-2-3-4-7-10-16-13(15)11-8-5-6-9-12(11)14/h18-26,28-32,34,40-42,44-45H,14-17H2,1-13H3;5-6,8-9,14H,2-4,7,10H2,1H3/t18-,19-,20+,21+,22-,23+,24+,25-,26+,28-,29+,30-,31+,32-,34+,35-,36-,37-;/m1./s1. The van der Waals surface area contributed by atoms with Gasteiger partial charge in [-0.15, -0.1) is 0 Å². The average molecular weight is 956 g/mol. The highest BCUT2D eigenvalue weighted by atomic mass is 16.7. The van der Waals surface area contributed by atoms with E-state index in [1.807, 2.05) is 25.9 Å². The third-order valence-corrected chi connectivity index (χ3v) is 14.2. The second-order valence-electron chi connectivity index (χ2n) is 20.2. The minimum absolute atomic E-state index is 0.0268. The highest BCUT2D eigenvalue weighted by molar-refractivity contribution is 5.92. The van der Waals surface area contributed by atoms with E-state index in [9.17, 15) is 45.0 Å². The van der Waals surface area contributed by atoms with Gasteiger partial charge in [-0.05, 0) is 93.5 Å². The summed E-state index contributed by atoms with van der Waals surface area (Å²) in [5.41, 5.74) is -4.60. The maximum atomic E-state index is 14.1. The lowest BCUT2D eigenvalue weighted by molar-refractivity contribution is -0.318. The molecule has 0 amide bonds. The molecule has 1 aromatic carbocycles. The normalized spacial score (nSPS) is 40.3. The van der Waals surface area contributed by atoms with Gasteiger partial charge in [0.1, 0.15) is 41.0 Å². The van der Waals surface area contributed by atoms with Crippen molar-refractivity contribution < 1.29 is 78.2 Å². The fourth-order valence-corrected chi connectivity index (χ4v) is 9.83. The van der Waals surface area contributed by atoms with Crippen molar-refractivity contribution in [1.29, 1.82) is 0 Å². The average Bonchev–Trinajstić information content (AvgIpc) is 3.27. The van der Waals surface area contributed by atoms with Crippen LogP contribution in [0.3, 0.4) is 0 Å². The van der Waals surface area contributed by atoms with E-state index >= 15 is 0 Å². The quantitative estimate of drug-likeness (QED) is 0.114. The maximum Gasteiger partial charge on any atom is 0.341 e. The number of benzene rings is 1. The monoisotopic (exact) mass is 956 g/mol. The molecule has 0 spiro atoms. The van der Waals surface area contributed by atoms with Crippen LogP contribution in [0.5, 0.6) is 5.75 Å². The Morgan fingerprint density at radius 3 is 2.09 bits per heavy atom. The lowest BCUT2D eigenvalue weighted by atomic mass is 9.74. The van der Waals surface area contributed by atoms with E-state index in [1.54, 1.807) is 59.7 Å². The van der Waals surface area contributed by atoms with Crippen LogP contribution < -0.4 is 0 Å². The summed E-state index contributed by atoms with van der Waals surface area (Å²) in [6.45, 7) is 18.9. The molecular weight excluding hydrogens is 871 g/mol. The van der Waals surface area contributed by atoms with Gasteiger partial charge >= 0.3 is 11.9 Å². The van der Waals surface area contributed by atoms with E-state index in [-0.39, 0.29) is 42.7 Å². The highest BCUT2D eigenvalue weighted by Crippen LogP contribution is 2.41. The number of carbonyl (C=O) groups is 3. The Morgan fingerprint density at radius 2 is 1.51 bits per heavy atom. The number of ether oxygens (including phenoxy) is 7. The number of para-hydroxylation sites is 1. The molecule has 0 bridgehead atoms. The van der Waals surface area contributed by atoms with Gasteiger partial charge in [-0.1, -0.05) is 66.0 Å². The van der Waals surface area contributed by atoms with Crippen LogP contribution in [0.4, 0.5) is 0 Å². The number of phenolic OH excluding ortho intramolecular Hbond substituents is 1. The van der Waals surface area contributed by atoms with Crippen LogP contribution in [0.15, 0.2) is 24.3 Å². The van der Waals surface area contributed by atoms with Gasteiger partial charge in [-0.3, -0.25) is 9.59 Å².